The molecule has 1 fully saturated rings. The van der Waals surface area contributed by atoms with Crippen molar-refractivity contribution in [3.8, 4) is 11.4 Å². The topological polar surface area (TPSA) is 138 Å². The molecule has 0 unspecified atom stereocenters. The number of aromatic amines is 1. The van der Waals surface area contributed by atoms with Gasteiger partial charge in [0.2, 0.25) is 11.9 Å². The fourth-order valence-electron chi connectivity index (χ4n) is 5.27. The molecule has 1 aromatic heterocycles. The van der Waals surface area contributed by atoms with E-state index < -0.39 is 5.66 Å². The number of rotatable bonds is 4. The summed E-state index contributed by atoms with van der Waals surface area (Å²) in [6.07, 6.45) is 5.07. The Labute approximate surface area is 214 Å². The molecule has 6 N–H and O–H groups in total. The highest BCUT2D eigenvalue weighted by Gasteiger charge is 2.42. The quantitative estimate of drug-likeness (QED) is 0.330. The molecule has 186 valence electrons. The second kappa shape index (κ2) is 9.09. The molecule has 0 radical (unpaired) electrons. The van der Waals surface area contributed by atoms with Gasteiger partial charge in [-0.1, -0.05) is 24.6 Å². The van der Waals surface area contributed by atoms with E-state index >= 15 is 0 Å². The van der Waals surface area contributed by atoms with Crippen LogP contribution in [0.2, 0.25) is 0 Å². The summed E-state index contributed by atoms with van der Waals surface area (Å²) in [6, 6.07) is 22.8. The largest absolute Gasteiger partial charge is 0.369 e. The lowest BCUT2D eigenvalue weighted by Gasteiger charge is -2.45. The van der Waals surface area contributed by atoms with Gasteiger partial charge in [-0.2, -0.15) is 4.99 Å². The average molecular weight is 493 g/mol. The van der Waals surface area contributed by atoms with Gasteiger partial charge in [0.15, 0.2) is 0 Å². The molecule has 6 rings (SSSR count). The number of carbonyl (C=O) groups excluding carboxylic acids is 1. The molecule has 1 aliphatic heterocycles. The number of guanidine groups is 2. The van der Waals surface area contributed by atoms with Crippen molar-refractivity contribution < 1.29 is 4.79 Å². The van der Waals surface area contributed by atoms with Crippen molar-refractivity contribution in [2.45, 2.75) is 37.8 Å². The number of fused-ring (bicyclic) bond motifs is 1. The van der Waals surface area contributed by atoms with Gasteiger partial charge in [-0.25, -0.2) is 9.98 Å². The van der Waals surface area contributed by atoms with Crippen LogP contribution in [0.25, 0.3) is 22.4 Å². The maximum absolute atomic E-state index is 12.4. The molecular weight excluding hydrogens is 464 g/mol. The average Bonchev–Trinajstić information content (AvgIpc) is 3.33. The van der Waals surface area contributed by atoms with E-state index in [1.165, 1.54) is 6.42 Å². The molecule has 9 nitrogen and oxygen atoms in total. The van der Waals surface area contributed by atoms with Crippen LogP contribution in [0, 0.1) is 0 Å². The third-order valence-electron chi connectivity index (χ3n) is 7.03. The van der Waals surface area contributed by atoms with E-state index in [9.17, 15) is 4.79 Å². The minimum Gasteiger partial charge on any atom is -0.369 e. The Kier molecular flexibility index (Phi) is 5.60. The third kappa shape index (κ3) is 4.29. The number of nitrogens with one attached hydrogen (secondary N) is 2. The zero-order valence-corrected chi connectivity index (χ0v) is 20.3. The number of hydrogen-bond donors (Lipinski definition) is 4. The highest BCUT2D eigenvalue weighted by Crippen LogP contribution is 2.40. The number of hydrogen-bond acceptors (Lipinski definition) is 7. The summed E-state index contributed by atoms with van der Waals surface area (Å²) in [4.78, 5) is 31.7. The lowest BCUT2D eigenvalue weighted by molar-refractivity contribution is 0.102. The first-order valence-electron chi connectivity index (χ1n) is 12.5. The Balaban J connectivity index is 1.26. The van der Waals surface area contributed by atoms with E-state index in [1.54, 1.807) is 12.1 Å². The van der Waals surface area contributed by atoms with E-state index in [0.717, 1.165) is 53.8 Å². The number of carbonyl (C=O) groups is 1. The number of nitrogens with zero attached hydrogens (tertiary/aromatic N) is 4. The van der Waals surface area contributed by atoms with Crippen LogP contribution in [0.5, 0.6) is 0 Å². The second-order valence-corrected chi connectivity index (χ2v) is 9.50. The van der Waals surface area contributed by atoms with Crippen molar-refractivity contribution in [3.63, 3.8) is 0 Å². The maximum Gasteiger partial charge on any atom is 0.255 e. The normalized spacial score (nSPS) is 16.9. The minimum absolute atomic E-state index is 0.146. The number of anilines is 2. The van der Waals surface area contributed by atoms with Crippen LogP contribution in [-0.2, 0) is 0 Å². The van der Waals surface area contributed by atoms with Crippen molar-refractivity contribution in [2.24, 2.45) is 21.5 Å². The molecule has 3 aromatic carbocycles. The van der Waals surface area contributed by atoms with Gasteiger partial charge in [0.05, 0.1) is 11.0 Å². The van der Waals surface area contributed by atoms with Gasteiger partial charge >= 0.3 is 0 Å². The lowest BCUT2D eigenvalue weighted by atomic mass is 9.87. The summed E-state index contributed by atoms with van der Waals surface area (Å²) < 4.78 is 0. The first kappa shape index (κ1) is 22.8. The predicted molar refractivity (Wildman–Crippen MR) is 147 cm³/mol. The van der Waals surface area contributed by atoms with Crippen LogP contribution in [0.15, 0.2) is 82.8 Å². The van der Waals surface area contributed by atoms with Crippen LogP contribution in [-0.4, -0.2) is 33.5 Å². The van der Waals surface area contributed by atoms with E-state index in [2.05, 4.69) is 15.3 Å². The highest BCUT2D eigenvalue weighted by atomic mass is 16.1. The van der Waals surface area contributed by atoms with Crippen LogP contribution in [0.3, 0.4) is 0 Å². The molecule has 4 aromatic rings. The smallest absolute Gasteiger partial charge is 0.255 e. The molecule has 2 aliphatic rings. The summed E-state index contributed by atoms with van der Waals surface area (Å²) in [5.74, 6) is 1.19. The van der Waals surface area contributed by atoms with Crippen molar-refractivity contribution in [2.75, 3.05) is 10.2 Å². The lowest BCUT2D eigenvalue weighted by Crippen LogP contribution is -2.58. The second-order valence-electron chi connectivity index (χ2n) is 9.50. The summed E-state index contributed by atoms with van der Waals surface area (Å²) in [5, 5.41) is 2.93. The van der Waals surface area contributed by atoms with Gasteiger partial charge in [0, 0.05) is 22.5 Å². The molecule has 0 bridgehead atoms. The molecule has 1 aliphatic carbocycles. The number of nitrogens with two attached hydrogens (primary N) is 2. The molecule has 0 saturated heterocycles. The summed E-state index contributed by atoms with van der Waals surface area (Å²) in [7, 11) is 0. The van der Waals surface area contributed by atoms with Gasteiger partial charge in [0.25, 0.3) is 5.91 Å². The molecular formula is C28H28N8O. The van der Waals surface area contributed by atoms with Crippen LogP contribution in [0.1, 0.15) is 42.5 Å². The van der Waals surface area contributed by atoms with E-state index in [1.807, 2.05) is 65.6 Å². The van der Waals surface area contributed by atoms with Gasteiger partial charge in [-0.05, 0) is 80.3 Å². The maximum atomic E-state index is 12.4. The van der Waals surface area contributed by atoms with Crippen LogP contribution < -0.4 is 21.7 Å². The van der Waals surface area contributed by atoms with Gasteiger partial charge in [0.1, 0.15) is 11.5 Å². The highest BCUT2D eigenvalue weighted by molar-refractivity contribution is 6.06. The first-order chi connectivity index (χ1) is 18.0. The Bertz CT molecular complexity index is 1520. The number of amides is 1. The molecule has 1 spiro atoms. The molecule has 1 amide bonds. The number of aliphatic imine (C=N–C) groups is 2. The third-order valence-corrected chi connectivity index (χ3v) is 7.03. The first-order valence-corrected chi connectivity index (χ1v) is 12.5. The predicted octanol–water partition coefficient (Wildman–Crippen LogP) is 4.59. The Morgan fingerprint density at radius 1 is 0.946 bits per heavy atom. The molecule has 1 saturated carbocycles. The van der Waals surface area contributed by atoms with E-state index in [4.69, 9.17) is 21.4 Å². The monoisotopic (exact) mass is 492 g/mol. The van der Waals surface area contributed by atoms with Gasteiger partial charge < -0.3 is 21.8 Å². The van der Waals surface area contributed by atoms with Gasteiger partial charge in [-0.15, -0.1) is 0 Å². The van der Waals surface area contributed by atoms with Crippen molar-refractivity contribution in [3.05, 3.63) is 78.4 Å². The molecule has 0 atom stereocenters. The fourth-order valence-corrected chi connectivity index (χ4v) is 5.27. The SMILES string of the molecule is NC1=NC2(CCCCC2)N(c2ccc3nc(-c4ccc(NC(=O)c5ccccc5)cc4)[nH]c3c2)C(N)=N1. The molecule has 9 heteroatoms. The Morgan fingerprint density at radius 3 is 2.46 bits per heavy atom. The number of aromatic nitrogens is 2. The van der Waals surface area contributed by atoms with E-state index in [-0.39, 0.29) is 11.9 Å². The van der Waals surface area contributed by atoms with Crippen LogP contribution in [0.4, 0.5) is 11.4 Å². The minimum atomic E-state index is -0.495. The van der Waals surface area contributed by atoms with Gasteiger partial charge in [-0.3, -0.25) is 9.69 Å². The van der Waals surface area contributed by atoms with Crippen LogP contribution >= 0.6 is 0 Å². The van der Waals surface area contributed by atoms with Crippen molar-refractivity contribution >= 4 is 40.2 Å². The number of benzene rings is 3. The summed E-state index contributed by atoms with van der Waals surface area (Å²) >= 11 is 0. The Morgan fingerprint density at radius 2 is 1.70 bits per heavy atom. The molecule has 2 heterocycles. The van der Waals surface area contributed by atoms with Crippen molar-refractivity contribution in [1.29, 1.82) is 0 Å². The fraction of sp³-hybridized carbons (Fsp3) is 0.214. The standard InChI is InChI=1S/C28H28N8O/c29-26-34-27(30)36(28(35-26)15-5-2-6-16-28)21-13-14-22-23(17-21)33-24(32-22)18-9-11-20(12-10-18)31-25(37)19-7-3-1-4-8-19/h1,3-4,7-14,17H,2,5-6,15-16H2,(H,31,37)(H,32,33)(H4,29,30,34,35). The Hall–Kier alpha value is -4.66. The number of imidazole rings is 1. The zero-order chi connectivity index (χ0) is 25.4. The summed E-state index contributed by atoms with van der Waals surface area (Å²) in [6.45, 7) is 0. The number of H-pyrrole nitrogens is 1. The zero-order valence-electron chi connectivity index (χ0n) is 20.3. The summed E-state index contributed by atoms with van der Waals surface area (Å²) in [5.41, 5.74) is 16.8. The van der Waals surface area contributed by atoms with Crippen molar-refractivity contribution in [1.82, 2.24) is 9.97 Å². The van der Waals surface area contributed by atoms with E-state index in [0.29, 0.717) is 17.2 Å². The molecule has 37 heavy (non-hydrogen) atoms.